The summed E-state index contributed by atoms with van der Waals surface area (Å²) in [6.45, 7) is 3.91. The van der Waals surface area contributed by atoms with Crippen molar-refractivity contribution < 1.29 is 14.2 Å². The van der Waals surface area contributed by atoms with Crippen LogP contribution in [0.4, 0.5) is 0 Å². The Morgan fingerprint density at radius 2 is 1.81 bits per heavy atom. The zero-order chi connectivity index (χ0) is 22.1. The van der Waals surface area contributed by atoms with Crippen molar-refractivity contribution in [1.29, 1.82) is 10.5 Å². The van der Waals surface area contributed by atoms with Gasteiger partial charge in [-0.25, -0.2) is 4.99 Å². The van der Waals surface area contributed by atoms with Crippen molar-refractivity contribution in [2.75, 3.05) is 26.2 Å². The number of carbonyl (C=O) groups excluding carboxylic acids is 1. The van der Waals surface area contributed by atoms with Gasteiger partial charge in [0.2, 0.25) is 6.21 Å². The van der Waals surface area contributed by atoms with E-state index in [-0.39, 0.29) is 12.6 Å². The van der Waals surface area contributed by atoms with Crippen LogP contribution in [0.2, 0.25) is 0 Å². The lowest BCUT2D eigenvalue weighted by atomic mass is 10.1. The quantitative estimate of drug-likeness (QED) is 0.320. The number of nitrogens with zero attached hydrogens (tertiary/aromatic N) is 5. The van der Waals surface area contributed by atoms with Crippen LogP contribution in [0.25, 0.3) is 0 Å². The van der Waals surface area contributed by atoms with Gasteiger partial charge in [-0.2, -0.15) is 10.5 Å². The Morgan fingerprint density at radius 3 is 2.35 bits per heavy atom. The molecule has 8 nitrogen and oxygen atoms in total. The summed E-state index contributed by atoms with van der Waals surface area (Å²) >= 11 is 0. The van der Waals surface area contributed by atoms with E-state index >= 15 is 0 Å². The highest BCUT2D eigenvalue weighted by Gasteiger charge is 2.25. The van der Waals surface area contributed by atoms with Crippen molar-refractivity contribution in [3.05, 3.63) is 70.8 Å². The Morgan fingerprint density at radius 1 is 1.16 bits per heavy atom. The van der Waals surface area contributed by atoms with Crippen LogP contribution in [0.3, 0.4) is 0 Å². The monoisotopic (exact) mass is 415 g/mol. The minimum absolute atomic E-state index is 0.209. The molecule has 0 fully saturated rings. The molecule has 0 saturated heterocycles. The molecule has 0 saturated carbocycles. The predicted octanol–water partition coefficient (Wildman–Crippen LogP) is 1.80. The lowest BCUT2D eigenvalue weighted by molar-refractivity contribution is -0.676. The van der Waals surface area contributed by atoms with Gasteiger partial charge in [-0.3, -0.25) is 4.79 Å². The van der Waals surface area contributed by atoms with Gasteiger partial charge in [-0.05, 0) is 36.4 Å². The molecule has 0 aliphatic carbocycles. The number of ether oxygens (including phenoxy) is 1. The number of rotatable bonds is 7. The highest BCUT2D eigenvalue weighted by atomic mass is 16.5. The molecule has 2 aromatic carbocycles. The largest absolute Gasteiger partial charge is 0.464 e. The van der Waals surface area contributed by atoms with Crippen LogP contribution in [0.15, 0.2) is 53.5 Å². The number of benzene rings is 2. The van der Waals surface area contributed by atoms with E-state index in [1.54, 1.807) is 24.3 Å². The molecule has 3 rings (SSSR count). The molecule has 1 heterocycles. The zero-order valence-corrected chi connectivity index (χ0v) is 17.3. The minimum Gasteiger partial charge on any atom is -0.464 e. The molecule has 0 spiro atoms. The summed E-state index contributed by atoms with van der Waals surface area (Å²) < 4.78 is 7.16. The van der Waals surface area contributed by atoms with E-state index in [9.17, 15) is 4.79 Å². The summed E-state index contributed by atoms with van der Waals surface area (Å²) in [6, 6.07) is 18.9. The Labute approximate surface area is 181 Å². The highest BCUT2D eigenvalue weighted by Crippen LogP contribution is 2.09. The Kier molecular flexibility index (Phi) is 7.34. The van der Waals surface area contributed by atoms with Crippen molar-refractivity contribution >= 4 is 18.1 Å². The van der Waals surface area contributed by atoms with Crippen LogP contribution in [-0.2, 0) is 16.1 Å². The molecule has 0 amide bonds. The van der Waals surface area contributed by atoms with Gasteiger partial charge >= 0.3 is 5.97 Å². The molecule has 8 heteroatoms. The fourth-order valence-corrected chi connectivity index (χ4v) is 3.08. The van der Waals surface area contributed by atoms with Gasteiger partial charge in [0.15, 0.2) is 6.54 Å². The Hall–Kier alpha value is -4.17. The zero-order valence-electron chi connectivity index (χ0n) is 17.3. The second-order valence-corrected chi connectivity index (χ2v) is 6.86. The number of hydrazone groups is 1. The highest BCUT2D eigenvalue weighted by molar-refractivity contribution is 5.81. The number of esters is 1. The van der Waals surface area contributed by atoms with Crippen molar-refractivity contribution in [1.82, 2.24) is 10.3 Å². The van der Waals surface area contributed by atoms with Gasteiger partial charge < -0.3 is 10.1 Å². The number of nitriles is 2. The molecule has 0 bridgehead atoms. The molecule has 1 aliphatic heterocycles. The van der Waals surface area contributed by atoms with E-state index in [2.05, 4.69) is 22.4 Å². The lowest BCUT2D eigenvalue weighted by Gasteiger charge is -2.21. The van der Waals surface area contributed by atoms with Gasteiger partial charge in [-0.1, -0.05) is 12.1 Å². The Balaban J connectivity index is 1.95. The van der Waals surface area contributed by atoms with Crippen LogP contribution in [0, 0.1) is 22.7 Å². The fourth-order valence-electron chi connectivity index (χ4n) is 3.08. The van der Waals surface area contributed by atoms with Crippen molar-refractivity contribution in [3.8, 4) is 12.1 Å². The second-order valence-electron chi connectivity index (χ2n) is 6.86. The number of hydrogen-bond donors (Lipinski definition) is 1. The SMILES string of the molecule is CC(=O)OCCN(C1=NCCN1)/[N+](=C/c1ccc(C#N)cc1)Cc1ccc(C#N)cc1. The molecular weight excluding hydrogens is 392 g/mol. The second kappa shape index (κ2) is 10.6. The van der Waals surface area contributed by atoms with Gasteiger partial charge in [0, 0.05) is 24.6 Å². The Bertz CT molecular complexity index is 1060. The molecule has 156 valence electrons. The van der Waals surface area contributed by atoms with Crippen molar-refractivity contribution in [2.45, 2.75) is 13.5 Å². The molecular formula is C23H23N6O2+. The molecule has 0 radical (unpaired) electrons. The van der Waals surface area contributed by atoms with Gasteiger partial charge in [0.1, 0.15) is 13.2 Å². The first-order valence-electron chi connectivity index (χ1n) is 9.89. The van der Waals surface area contributed by atoms with E-state index in [0.717, 1.165) is 17.7 Å². The maximum atomic E-state index is 11.3. The first-order valence-corrected chi connectivity index (χ1v) is 9.89. The van der Waals surface area contributed by atoms with Gasteiger partial charge in [0.05, 0.1) is 29.8 Å². The smallest absolute Gasteiger partial charge is 0.302 e. The van der Waals surface area contributed by atoms with Crippen molar-refractivity contribution in [3.63, 3.8) is 0 Å². The summed E-state index contributed by atoms with van der Waals surface area (Å²) in [7, 11) is 0. The van der Waals surface area contributed by atoms with Crippen molar-refractivity contribution in [2.24, 2.45) is 4.99 Å². The maximum Gasteiger partial charge on any atom is 0.302 e. The molecule has 0 atom stereocenters. The van der Waals surface area contributed by atoms with Crippen LogP contribution in [0.5, 0.6) is 0 Å². The third-order valence-corrected chi connectivity index (χ3v) is 4.58. The normalized spacial score (nSPS) is 12.9. The third-order valence-electron chi connectivity index (χ3n) is 4.58. The first kappa shape index (κ1) is 21.5. The lowest BCUT2D eigenvalue weighted by Crippen LogP contribution is -2.47. The number of guanidine groups is 1. The topological polar surface area (TPSA) is 105 Å². The van der Waals surface area contributed by atoms with Gasteiger partial charge in [0.25, 0.3) is 5.96 Å². The van der Waals surface area contributed by atoms with E-state index in [1.165, 1.54) is 6.92 Å². The average Bonchev–Trinajstić information content (AvgIpc) is 3.32. The van der Waals surface area contributed by atoms with Crippen LogP contribution in [-0.4, -0.2) is 54.1 Å². The van der Waals surface area contributed by atoms with E-state index in [0.29, 0.717) is 36.7 Å². The number of aliphatic imine (C=N–C) groups is 1. The number of carbonyl (C=O) groups is 1. The van der Waals surface area contributed by atoms with Gasteiger partial charge in [-0.15, -0.1) is 9.69 Å². The van der Waals surface area contributed by atoms with E-state index in [4.69, 9.17) is 15.3 Å². The summed E-state index contributed by atoms with van der Waals surface area (Å²) in [5, 5.41) is 23.3. The molecule has 2 aromatic rings. The molecule has 1 aliphatic rings. The van der Waals surface area contributed by atoms with E-state index < -0.39 is 0 Å². The number of hydrazine groups is 1. The maximum absolute atomic E-state index is 11.3. The van der Waals surface area contributed by atoms with Crippen LogP contribution < -0.4 is 5.32 Å². The minimum atomic E-state index is -0.337. The number of hydrogen-bond acceptors (Lipinski definition) is 7. The first-order chi connectivity index (χ1) is 15.1. The van der Waals surface area contributed by atoms with Crippen LogP contribution in [0.1, 0.15) is 29.2 Å². The molecule has 0 unspecified atom stereocenters. The number of nitrogens with one attached hydrogen (secondary N) is 1. The summed E-state index contributed by atoms with van der Waals surface area (Å²) in [6.07, 6.45) is 1.95. The third kappa shape index (κ3) is 6.15. The van der Waals surface area contributed by atoms with Crippen LogP contribution >= 0.6 is 0 Å². The molecule has 1 N–H and O–H groups in total. The summed E-state index contributed by atoms with van der Waals surface area (Å²) in [5.74, 6) is 0.363. The summed E-state index contributed by atoms with van der Waals surface area (Å²) in [5.41, 5.74) is 3.09. The predicted molar refractivity (Wildman–Crippen MR) is 115 cm³/mol. The fraction of sp³-hybridized carbons (Fsp3) is 0.261. The molecule has 0 aromatic heterocycles. The average molecular weight is 415 g/mol. The summed E-state index contributed by atoms with van der Waals surface area (Å²) in [4.78, 5) is 15.8. The molecule has 31 heavy (non-hydrogen) atoms. The standard InChI is InChI=1S/C23H23N6O2/c1-18(30)31-13-12-29(23-26-10-11-27-23)28(16-21-6-2-19(14-24)3-7-21)17-22-8-4-20(15-25)5-9-22/h2-9,16H,10-13,17H2,1H3,(H,26,27)/q+1/b28-16+. The van der Waals surface area contributed by atoms with E-state index in [1.807, 2.05) is 40.2 Å².